The van der Waals surface area contributed by atoms with Crippen molar-refractivity contribution in [3.8, 4) is 11.5 Å². The number of ether oxygens (including phenoxy) is 8. The summed E-state index contributed by atoms with van der Waals surface area (Å²) in [5, 5.41) is 27.1. The monoisotopic (exact) mass is 1110 g/mol. The van der Waals surface area contributed by atoms with E-state index in [-0.39, 0.29) is 71.8 Å². The number of aryl methyl sites for hydroxylation is 4. The van der Waals surface area contributed by atoms with E-state index in [2.05, 4.69) is 6.92 Å². The summed E-state index contributed by atoms with van der Waals surface area (Å²) < 4.78 is 45.1. The summed E-state index contributed by atoms with van der Waals surface area (Å²) in [4.78, 5) is 48.5. The van der Waals surface area contributed by atoms with Gasteiger partial charge in [-0.1, -0.05) is 53.2 Å². The molecule has 380 valence electrons. The summed E-state index contributed by atoms with van der Waals surface area (Å²) in [6, 6.07) is 5.48. The van der Waals surface area contributed by atoms with Crippen molar-refractivity contribution in [2.24, 2.45) is 0 Å². The minimum Gasteiger partial charge on any atom is -0.654 e. The number of nitrogens with zero attached hydrogens (tertiary/aromatic N) is 5. The molecule has 0 amide bonds. The Hall–Kier alpha value is -3.99. The first-order chi connectivity index (χ1) is 33.0. The smallest absolute Gasteiger partial charge is 0.654 e. The predicted octanol–water partition coefficient (Wildman–Crippen LogP) is 5.44. The van der Waals surface area contributed by atoms with E-state index in [4.69, 9.17) is 72.7 Å². The van der Waals surface area contributed by atoms with Crippen molar-refractivity contribution in [3.05, 3.63) is 74.5 Å². The number of aliphatic carboxylic acids is 1. The van der Waals surface area contributed by atoms with Crippen molar-refractivity contribution in [2.75, 3.05) is 107 Å². The molecule has 0 fully saturated rings. The molecule has 0 spiro atoms. The SMILES string of the molecule is CC(=O)O.CCc1c(CC)c2[n-]c1cc1nc(cnc3cc(OCCOCCOCCOC)c(OCCOCCOCCOC)cc3ncc3[n-]c(c(CCCO)c3C)c2=O)C(C)=C1CCCO.[Gd+2]. The summed E-state index contributed by atoms with van der Waals surface area (Å²) in [5.74, 6) is -0.00266. The van der Waals surface area contributed by atoms with Crippen molar-refractivity contribution < 1.29 is 97.9 Å². The molecule has 3 aromatic heterocycles. The van der Waals surface area contributed by atoms with Crippen LogP contribution in [-0.4, -0.2) is 143 Å². The molecule has 5 rings (SSSR count). The zero-order valence-corrected chi connectivity index (χ0v) is 43.3. The molecule has 19 heteroatoms. The number of fused-ring (bicyclic) bond motifs is 7. The third-order valence-corrected chi connectivity index (χ3v) is 10.8. The van der Waals surface area contributed by atoms with E-state index in [1.54, 1.807) is 38.7 Å². The first-order valence-corrected chi connectivity index (χ1v) is 23.1. The number of carbonyl (C=O) groups is 1. The van der Waals surface area contributed by atoms with E-state index in [9.17, 15) is 15.0 Å². The fourth-order valence-electron chi connectivity index (χ4n) is 7.38. The van der Waals surface area contributed by atoms with Crippen LogP contribution in [0.1, 0.15) is 80.6 Å². The van der Waals surface area contributed by atoms with Crippen LogP contribution >= 0.6 is 0 Å². The number of aromatic nitrogens is 5. The van der Waals surface area contributed by atoms with Crippen LogP contribution in [-0.2, 0) is 52.5 Å². The molecule has 6 bridgehead atoms. The van der Waals surface area contributed by atoms with Crippen LogP contribution in [0.15, 0.2) is 35.4 Å². The van der Waals surface area contributed by atoms with Crippen LogP contribution in [0.25, 0.3) is 44.2 Å². The van der Waals surface area contributed by atoms with Gasteiger partial charge in [0.05, 0.1) is 94.7 Å². The van der Waals surface area contributed by atoms with Crippen molar-refractivity contribution in [1.82, 2.24) is 24.9 Å². The zero-order valence-electron chi connectivity index (χ0n) is 41.0. The number of hydrogen-bond donors (Lipinski definition) is 3. The molecule has 18 nitrogen and oxygen atoms in total. The Kier molecular flexibility index (Phi) is 28.2. The number of allylic oxidation sites excluding steroid dienone is 2. The fraction of sp³-hybridized carbons (Fsp3) is 0.540. The van der Waals surface area contributed by atoms with E-state index in [0.29, 0.717) is 161 Å². The molecular weight excluding hydrogens is 1040 g/mol. The summed E-state index contributed by atoms with van der Waals surface area (Å²) in [5.41, 5.74) is 9.15. The van der Waals surface area contributed by atoms with Gasteiger partial charge in [-0.15, -0.1) is 11.0 Å². The maximum atomic E-state index is 14.6. The molecule has 4 heterocycles. The first-order valence-electron chi connectivity index (χ1n) is 23.1. The van der Waals surface area contributed by atoms with Crippen LogP contribution in [0.3, 0.4) is 0 Å². The summed E-state index contributed by atoms with van der Waals surface area (Å²) in [7, 11) is 3.25. The van der Waals surface area contributed by atoms with Gasteiger partial charge in [-0.2, -0.15) is 0 Å². The quantitative estimate of drug-likeness (QED) is 0.0601. The Bertz CT molecular complexity index is 2470. The van der Waals surface area contributed by atoms with Gasteiger partial charge in [0, 0.05) is 52.7 Å². The van der Waals surface area contributed by atoms with E-state index >= 15 is 0 Å². The van der Waals surface area contributed by atoms with Crippen LogP contribution < -0.4 is 24.9 Å². The maximum Gasteiger partial charge on any atom is 2.00 e. The number of methoxy groups -OCH3 is 2. The van der Waals surface area contributed by atoms with Crippen molar-refractivity contribution in [1.29, 1.82) is 0 Å². The third kappa shape index (κ3) is 18.3. The molecule has 0 aliphatic carbocycles. The van der Waals surface area contributed by atoms with E-state index in [1.165, 1.54) is 0 Å². The van der Waals surface area contributed by atoms with Crippen LogP contribution in [0.4, 0.5) is 0 Å². The van der Waals surface area contributed by atoms with Gasteiger partial charge in [-0.3, -0.25) is 19.6 Å². The Morgan fingerprint density at radius 2 is 1.09 bits per heavy atom. The Morgan fingerprint density at radius 3 is 1.59 bits per heavy atom. The molecule has 4 aromatic rings. The molecule has 1 aliphatic heterocycles. The normalized spacial score (nSPS) is 11.6. The molecule has 0 saturated carbocycles. The number of rotatable bonds is 28. The van der Waals surface area contributed by atoms with Gasteiger partial charge in [0.2, 0.25) is 0 Å². The van der Waals surface area contributed by atoms with Crippen molar-refractivity contribution >= 4 is 50.2 Å². The van der Waals surface area contributed by atoms with Crippen LogP contribution in [0, 0.1) is 46.9 Å². The second kappa shape index (κ2) is 32.8. The minimum atomic E-state index is -0.833. The molecule has 1 aliphatic rings. The summed E-state index contributed by atoms with van der Waals surface area (Å²) in [6.45, 7) is 13.7. The van der Waals surface area contributed by atoms with Crippen LogP contribution in [0.5, 0.6) is 11.5 Å². The second-order valence-electron chi connectivity index (χ2n) is 15.5. The van der Waals surface area contributed by atoms with E-state index < -0.39 is 5.97 Å². The van der Waals surface area contributed by atoms with Gasteiger partial charge in [-0.05, 0) is 63.5 Å². The van der Waals surface area contributed by atoms with Gasteiger partial charge in [0.15, 0.2) is 11.5 Å². The third-order valence-electron chi connectivity index (χ3n) is 10.8. The Labute approximate surface area is 436 Å². The first kappa shape index (κ1) is 59.3. The molecule has 3 N–H and O–H groups in total. The molecule has 0 unspecified atom stereocenters. The van der Waals surface area contributed by atoms with Crippen LogP contribution in [0.2, 0.25) is 0 Å². The summed E-state index contributed by atoms with van der Waals surface area (Å²) >= 11 is 0. The molecule has 0 atom stereocenters. The molecule has 1 aromatic carbocycles. The Balaban J connectivity index is 0.00000242. The largest absolute Gasteiger partial charge is 2.00 e. The van der Waals surface area contributed by atoms with E-state index in [1.807, 2.05) is 26.8 Å². The number of carboxylic acids is 1. The van der Waals surface area contributed by atoms with E-state index in [0.717, 1.165) is 40.3 Å². The Morgan fingerprint density at radius 1 is 0.623 bits per heavy atom. The fourth-order valence-corrected chi connectivity index (χ4v) is 7.38. The number of aliphatic hydroxyl groups excluding tert-OH is 2. The number of aliphatic hydroxyl groups is 2. The van der Waals surface area contributed by atoms with Crippen molar-refractivity contribution in [2.45, 2.75) is 73.1 Å². The predicted molar refractivity (Wildman–Crippen MR) is 260 cm³/mol. The molecule has 0 radical (unpaired) electrons. The summed E-state index contributed by atoms with van der Waals surface area (Å²) in [6.07, 6.45) is 6.65. The average molecular weight is 1110 g/mol. The van der Waals surface area contributed by atoms with Gasteiger partial charge < -0.3 is 63.2 Å². The number of benzene rings is 1. The van der Waals surface area contributed by atoms with Crippen molar-refractivity contribution in [3.63, 3.8) is 0 Å². The molecule has 0 saturated heterocycles. The molecule has 69 heavy (non-hydrogen) atoms. The standard InChI is InChI=1S/C48H66N5O11.C2H4O2.Gd/c1-7-34-35(8-2)46-48(56)47-37(12-10-14-55)33(4)43(53-47)31-50-41-29-45(64-26-24-62-22-20-60-18-16-58-6)44(63-25-23-61-21-19-59-17-15-57-5)28-40(41)49-30-42-32(3)36(11-9-13-54)39(51-42)27-38(34)52-46;1-2(3)4;/h27-31,54-55H,7-26H2,1-6H3,(H-,49,50,51,52,53,56);1H3,(H,3,4);/q-1;;+2/p-1. The maximum absolute atomic E-state index is 14.6. The zero-order chi connectivity index (χ0) is 49.3. The second-order valence-corrected chi connectivity index (χ2v) is 15.5. The van der Waals surface area contributed by atoms with Gasteiger partial charge >= 0.3 is 39.9 Å². The average Bonchev–Trinajstić information content (AvgIpc) is 3.95. The topological polar surface area (TPSA) is 236 Å². The van der Waals surface area contributed by atoms with Gasteiger partial charge in [0.1, 0.15) is 18.6 Å². The number of hydrogen-bond acceptors (Lipinski definition) is 15. The minimum absolute atomic E-state index is 0. The van der Waals surface area contributed by atoms with Gasteiger partial charge in [-0.25, -0.2) is 4.98 Å². The van der Waals surface area contributed by atoms with Gasteiger partial charge in [0.25, 0.3) is 5.97 Å². The molecular formula is C50H69GdN5O13. The number of carboxylic acid groups (broad SMARTS) is 1.